The molecule has 28 heavy (non-hydrogen) atoms. The quantitative estimate of drug-likeness (QED) is 0.490. The number of aromatic amines is 1. The van der Waals surface area contributed by atoms with Gasteiger partial charge in [-0.25, -0.2) is 4.98 Å². The fraction of sp³-hybridized carbons (Fsp3) is 0.0909. The largest absolute Gasteiger partial charge is 0.484 e. The van der Waals surface area contributed by atoms with E-state index in [1.807, 2.05) is 73.7 Å². The Labute approximate surface area is 167 Å². The van der Waals surface area contributed by atoms with E-state index in [2.05, 4.69) is 15.3 Å². The SMILES string of the molecule is Cc1ccccc1NC(=O)COc1ccc(-c2nc3ccc(Cl)cc3[nH]2)cc1. The summed E-state index contributed by atoms with van der Waals surface area (Å²) in [6, 6.07) is 20.6. The lowest BCUT2D eigenvalue weighted by molar-refractivity contribution is -0.118. The highest BCUT2D eigenvalue weighted by Gasteiger charge is 2.08. The first kappa shape index (κ1) is 18.1. The average molecular weight is 392 g/mol. The van der Waals surface area contributed by atoms with Crippen molar-refractivity contribution in [3.8, 4) is 17.1 Å². The van der Waals surface area contributed by atoms with Crippen molar-refractivity contribution in [1.82, 2.24) is 9.97 Å². The molecule has 0 atom stereocenters. The van der Waals surface area contributed by atoms with Crippen LogP contribution in [0, 0.1) is 6.92 Å². The van der Waals surface area contributed by atoms with Gasteiger partial charge in [-0.15, -0.1) is 0 Å². The zero-order valence-electron chi connectivity index (χ0n) is 15.2. The van der Waals surface area contributed by atoms with Crippen LogP contribution in [0.1, 0.15) is 5.56 Å². The van der Waals surface area contributed by atoms with Crippen molar-refractivity contribution in [2.45, 2.75) is 6.92 Å². The van der Waals surface area contributed by atoms with Crippen LogP contribution in [0.2, 0.25) is 5.02 Å². The van der Waals surface area contributed by atoms with Crippen LogP contribution >= 0.6 is 11.6 Å². The number of rotatable bonds is 5. The predicted molar refractivity (Wildman–Crippen MR) is 112 cm³/mol. The van der Waals surface area contributed by atoms with Crippen molar-refractivity contribution in [2.24, 2.45) is 0 Å². The lowest BCUT2D eigenvalue weighted by Crippen LogP contribution is -2.20. The minimum absolute atomic E-state index is 0.0587. The Bertz CT molecular complexity index is 1140. The van der Waals surface area contributed by atoms with Gasteiger partial charge < -0.3 is 15.0 Å². The molecule has 0 saturated heterocycles. The molecule has 140 valence electrons. The summed E-state index contributed by atoms with van der Waals surface area (Å²) in [5.74, 6) is 1.16. The summed E-state index contributed by atoms with van der Waals surface area (Å²) >= 11 is 6.02. The van der Waals surface area contributed by atoms with Gasteiger partial charge in [-0.2, -0.15) is 0 Å². The molecule has 1 aromatic heterocycles. The van der Waals surface area contributed by atoms with E-state index in [9.17, 15) is 4.79 Å². The Morgan fingerprint density at radius 1 is 1.11 bits per heavy atom. The fourth-order valence-corrected chi connectivity index (χ4v) is 3.05. The number of fused-ring (bicyclic) bond motifs is 1. The number of nitrogens with zero attached hydrogens (tertiary/aromatic N) is 1. The van der Waals surface area contributed by atoms with Gasteiger partial charge in [0.15, 0.2) is 6.61 Å². The van der Waals surface area contributed by atoms with Gasteiger partial charge in [-0.05, 0) is 61.0 Å². The van der Waals surface area contributed by atoms with Crippen LogP contribution in [-0.2, 0) is 4.79 Å². The summed E-state index contributed by atoms with van der Waals surface area (Å²) in [5, 5.41) is 3.51. The first-order chi connectivity index (χ1) is 13.6. The number of aromatic nitrogens is 2. The lowest BCUT2D eigenvalue weighted by Gasteiger charge is -2.09. The summed E-state index contributed by atoms with van der Waals surface area (Å²) in [4.78, 5) is 19.9. The lowest BCUT2D eigenvalue weighted by atomic mass is 10.2. The Balaban J connectivity index is 1.40. The van der Waals surface area contributed by atoms with Crippen molar-refractivity contribution >= 4 is 34.2 Å². The number of benzene rings is 3. The number of aryl methyl sites for hydroxylation is 1. The zero-order valence-corrected chi connectivity index (χ0v) is 16.0. The van der Waals surface area contributed by atoms with Crippen LogP contribution < -0.4 is 10.1 Å². The summed E-state index contributed by atoms with van der Waals surface area (Å²) < 4.78 is 5.59. The molecule has 0 bridgehead atoms. The Morgan fingerprint density at radius 2 is 1.89 bits per heavy atom. The predicted octanol–water partition coefficient (Wildman–Crippen LogP) is 5.21. The molecule has 1 heterocycles. The van der Waals surface area contributed by atoms with Crippen LogP contribution in [-0.4, -0.2) is 22.5 Å². The minimum atomic E-state index is -0.201. The first-order valence-electron chi connectivity index (χ1n) is 8.82. The third kappa shape index (κ3) is 4.00. The van der Waals surface area contributed by atoms with Gasteiger partial charge in [0.1, 0.15) is 11.6 Å². The number of carbonyl (C=O) groups excluding carboxylic acids is 1. The molecule has 0 fully saturated rings. The fourth-order valence-electron chi connectivity index (χ4n) is 2.88. The van der Waals surface area contributed by atoms with Gasteiger partial charge in [0.25, 0.3) is 5.91 Å². The van der Waals surface area contributed by atoms with Crippen LogP contribution in [0.5, 0.6) is 5.75 Å². The second-order valence-corrected chi connectivity index (χ2v) is 6.86. The second-order valence-electron chi connectivity index (χ2n) is 6.42. The Kier molecular flexibility index (Phi) is 5.00. The summed E-state index contributed by atoms with van der Waals surface area (Å²) in [7, 11) is 0. The van der Waals surface area contributed by atoms with E-state index in [1.54, 1.807) is 0 Å². The third-order valence-corrected chi connectivity index (χ3v) is 4.60. The molecule has 5 nitrogen and oxygen atoms in total. The number of hydrogen-bond donors (Lipinski definition) is 2. The molecule has 0 unspecified atom stereocenters. The maximum atomic E-state index is 12.1. The summed E-state index contributed by atoms with van der Waals surface area (Å²) in [6.07, 6.45) is 0. The van der Waals surface area contributed by atoms with E-state index >= 15 is 0 Å². The number of nitrogens with one attached hydrogen (secondary N) is 2. The van der Waals surface area contributed by atoms with E-state index in [0.717, 1.165) is 33.7 Å². The van der Waals surface area contributed by atoms with Crippen LogP contribution in [0.15, 0.2) is 66.7 Å². The molecule has 0 aliphatic carbocycles. The highest BCUT2D eigenvalue weighted by molar-refractivity contribution is 6.31. The summed E-state index contributed by atoms with van der Waals surface area (Å²) in [6.45, 7) is 1.89. The first-order valence-corrected chi connectivity index (χ1v) is 9.20. The molecule has 6 heteroatoms. The monoisotopic (exact) mass is 391 g/mol. The number of ether oxygens (including phenoxy) is 1. The second kappa shape index (κ2) is 7.74. The summed E-state index contributed by atoms with van der Waals surface area (Å²) in [5.41, 5.74) is 4.45. The van der Waals surface area contributed by atoms with Gasteiger partial charge >= 0.3 is 0 Å². The van der Waals surface area contributed by atoms with Gasteiger partial charge in [0, 0.05) is 16.3 Å². The van der Waals surface area contributed by atoms with E-state index in [4.69, 9.17) is 16.3 Å². The number of anilines is 1. The van der Waals surface area contributed by atoms with Crippen molar-refractivity contribution in [3.05, 3.63) is 77.3 Å². The zero-order chi connectivity index (χ0) is 19.5. The molecule has 0 aliphatic heterocycles. The van der Waals surface area contributed by atoms with E-state index in [1.165, 1.54) is 0 Å². The number of imidazole rings is 1. The van der Waals surface area contributed by atoms with Gasteiger partial charge in [-0.1, -0.05) is 29.8 Å². The number of amides is 1. The van der Waals surface area contributed by atoms with Crippen LogP contribution in [0.4, 0.5) is 5.69 Å². The third-order valence-electron chi connectivity index (χ3n) is 4.36. The van der Waals surface area contributed by atoms with Gasteiger partial charge in [-0.3, -0.25) is 4.79 Å². The number of para-hydroxylation sites is 1. The highest BCUT2D eigenvalue weighted by Crippen LogP contribution is 2.24. The molecular formula is C22H18ClN3O2. The molecule has 0 spiro atoms. The minimum Gasteiger partial charge on any atom is -0.484 e. The Morgan fingerprint density at radius 3 is 2.68 bits per heavy atom. The topological polar surface area (TPSA) is 67.0 Å². The van der Waals surface area contributed by atoms with Crippen molar-refractivity contribution in [3.63, 3.8) is 0 Å². The Hall–Kier alpha value is -3.31. The van der Waals surface area contributed by atoms with Gasteiger partial charge in [0.05, 0.1) is 11.0 Å². The van der Waals surface area contributed by atoms with E-state index < -0.39 is 0 Å². The molecule has 3 aromatic carbocycles. The number of carbonyl (C=O) groups is 1. The smallest absolute Gasteiger partial charge is 0.262 e. The molecule has 2 N–H and O–H groups in total. The van der Waals surface area contributed by atoms with E-state index in [0.29, 0.717) is 10.8 Å². The average Bonchev–Trinajstić information content (AvgIpc) is 3.12. The normalized spacial score (nSPS) is 10.8. The van der Waals surface area contributed by atoms with Crippen molar-refractivity contribution in [2.75, 3.05) is 11.9 Å². The van der Waals surface area contributed by atoms with Crippen molar-refractivity contribution in [1.29, 1.82) is 0 Å². The molecule has 0 saturated carbocycles. The maximum Gasteiger partial charge on any atom is 0.262 e. The number of halogens is 1. The molecule has 4 rings (SSSR count). The molecule has 1 amide bonds. The molecule has 0 aliphatic rings. The molecular weight excluding hydrogens is 374 g/mol. The van der Waals surface area contributed by atoms with Crippen LogP contribution in [0.3, 0.4) is 0 Å². The van der Waals surface area contributed by atoms with Gasteiger partial charge in [0.2, 0.25) is 0 Å². The molecule has 4 aromatic rings. The number of hydrogen-bond acceptors (Lipinski definition) is 3. The van der Waals surface area contributed by atoms with Crippen LogP contribution in [0.25, 0.3) is 22.4 Å². The maximum absolute atomic E-state index is 12.1. The number of H-pyrrole nitrogens is 1. The van der Waals surface area contributed by atoms with Crippen molar-refractivity contribution < 1.29 is 9.53 Å². The molecule has 0 radical (unpaired) electrons. The standard InChI is InChI=1S/C22H18ClN3O2/c1-14-4-2-3-5-18(14)24-21(27)13-28-17-9-6-15(7-10-17)22-25-19-11-8-16(23)12-20(19)26-22/h2-12H,13H2,1H3,(H,24,27)(H,25,26). The highest BCUT2D eigenvalue weighted by atomic mass is 35.5. The van der Waals surface area contributed by atoms with E-state index in [-0.39, 0.29) is 12.5 Å².